The Labute approximate surface area is 154 Å². The Hall–Kier alpha value is -2.24. The highest BCUT2D eigenvalue weighted by Crippen LogP contribution is 2.48. The van der Waals surface area contributed by atoms with E-state index in [-0.39, 0.29) is 35.8 Å². The molecule has 2 heterocycles. The smallest absolute Gasteiger partial charge is 0.410 e. The summed E-state index contributed by atoms with van der Waals surface area (Å²) in [7, 11) is 1.38. The van der Waals surface area contributed by atoms with Crippen LogP contribution >= 0.6 is 0 Å². The fraction of sp³-hybridized carbons (Fsp3) is 0.600. The van der Waals surface area contributed by atoms with E-state index < -0.39 is 11.5 Å². The molecule has 0 aliphatic carbocycles. The van der Waals surface area contributed by atoms with Gasteiger partial charge in [0.1, 0.15) is 11.4 Å². The molecule has 2 aliphatic heterocycles. The molecule has 26 heavy (non-hydrogen) atoms. The quantitative estimate of drug-likeness (QED) is 0.817. The number of hydrogen-bond acceptors (Lipinski definition) is 5. The number of hydrogen-bond donors (Lipinski definition) is 1. The van der Waals surface area contributed by atoms with Crippen LogP contribution in [0.5, 0.6) is 5.75 Å². The number of nitrogens with zero attached hydrogens (tertiary/aromatic N) is 1. The van der Waals surface area contributed by atoms with E-state index in [2.05, 4.69) is 0 Å². The van der Waals surface area contributed by atoms with Crippen LogP contribution in [0.1, 0.15) is 51.5 Å². The fourth-order valence-electron chi connectivity index (χ4n) is 4.33. The lowest BCUT2D eigenvalue weighted by Crippen LogP contribution is -2.54. The number of rotatable bonds is 2. The first-order valence-corrected chi connectivity index (χ1v) is 9.09. The van der Waals surface area contributed by atoms with Gasteiger partial charge in [-0.25, -0.2) is 4.79 Å². The van der Waals surface area contributed by atoms with Crippen molar-refractivity contribution in [3.63, 3.8) is 0 Å². The van der Waals surface area contributed by atoms with Crippen LogP contribution in [0.3, 0.4) is 0 Å². The zero-order chi connectivity index (χ0) is 19.1. The van der Waals surface area contributed by atoms with Gasteiger partial charge in [-0.2, -0.15) is 0 Å². The number of methoxy groups -OCH3 is 1. The van der Waals surface area contributed by atoms with E-state index in [1.807, 2.05) is 32.9 Å². The summed E-state index contributed by atoms with van der Waals surface area (Å²) in [4.78, 5) is 27.1. The van der Waals surface area contributed by atoms with Crippen LogP contribution in [0.4, 0.5) is 4.79 Å². The van der Waals surface area contributed by atoms with Crippen molar-refractivity contribution in [1.29, 1.82) is 0 Å². The van der Waals surface area contributed by atoms with E-state index in [1.54, 1.807) is 17.0 Å². The molecule has 0 unspecified atom stereocenters. The largest absolute Gasteiger partial charge is 0.508 e. The summed E-state index contributed by atoms with van der Waals surface area (Å²) < 4.78 is 10.7. The van der Waals surface area contributed by atoms with Crippen LogP contribution in [0, 0.1) is 5.92 Å². The van der Waals surface area contributed by atoms with E-state index in [4.69, 9.17) is 9.47 Å². The number of carbonyl (C=O) groups excluding carboxylic acids is 2. The second-order valence-corrected chi connectivity index (χ2v) is 8.17. The Kier molecular flexibility index (Phi) is 4.86. The molecule has 3 rings (SSSR count). The normalized spacial score (nSPS) is 27.9. The van der Waals surface area contributed by atoms with E-state index in [9.17, 15) is 14.7 Å². The topological polar surface area (TPSA) is 76.1 Å². The number of esters is 1. The van der Waals surface area contributed by atoms with Crippen molar-refractivity contribution in [3.05, 3.63) is 29.8 Å². The number of phenols is 1. The summed E-state index contributed by atoms with van der Waals surface area (Å²) in [5.74, 6) is -0.588. The summed E-state index contributed by atoms with van der Waals surface area (Å²) in [5.41, 5.74) is 0.407. The van der Waals surface area contributed by atoms with Crippen LogP contribution < -0.4 is 0 Å². The summed E-state index contributed by atoms with van der Waals surface area (Å²) in [5, 5.41) is 9.55. The predicted molar refractivity (Wildman–Crippen MR) is 95.9 cm³/mol. The van der Waals surface area contributed by atoms with Crippen molar-refractivity contribution < 1.29 is 24.2 Å². The summed E-state index contributed by atoms with van der Waals surface area (Å²) in [6.07, 6.45) is 1.94. The molecule has 4 atom stereocenters. The number of aromatic hydroxyl groups is 1. The van der Waals surface area contributed by atoms with E-state index in [0.29, 0.717) is 6.42 Å². The number of phenolic OH excluding ortho intramolecular Hbond substituents is 1. The Morgan fingerprint density at radius 1 is 1.15 bits per heavy atom. The lowest BCUT2D eigenvalue weighted by Gasteiger charge is -2.43. The average molecular weight is 361 g/mol. The van der Waals surface area contributed by atoms with Gasteiger partial charge in [-0.1, -0.05) is 12.1 Å². The van der Waals surface area contributed by atoms with Gasteiger partial charge in [-0.15, -0.1) is 0 Å². The minimum atomic E-state index is -0.578. The molecular weight excluding hydrogens is 334 g/mol. The fourth-order valence-corrected chi connectivity index (χ4v) is 4.33. The Balaban J connectivity index is 1.91. The molecule has 0 spiro atoms. The molecule has 1 N–H and O–H groups in total. The maximum absolute atomic E-state index is 12.7. The highest BCUT2D eigenvalue weighted by molar-refractivity contribution is 5.78. The highest BCUT2D eigenvalue weighted by Gasteiger charge is 2.53. The van der Waals surface area contributed by atoms with Crippen LogP contribution in [-0.4, -0.2) is 46.9 Å². The van der Waals surface area contributed by atoms with Crippen molar-refractivity contribution in [2.45, 2.75) is 63.6 Å². The van der Waals surface area contributed by atoms with Gasteiger partial charge in [-0.05, 0) is 57.7 Å². The van der Waals surface area contributed by atoms with Gasteiger partial charge in [-0.3, -0.25) is 4.79 Å². The highest BCUT2D eigenvalue weighted by atomic mass is 16.6. The molecule has 0 aromatic heterocycles. The van der Waals surface area contributed by atoms with Crippen LogP contribution in [0.2, 0.25) is 0 Å². The number of carbonyl (C=O) groups is 2. The molecule has 2 aliphatic rings. The second kappa shape index (κ2) is 6.82. The number of ether oxygens (including phenoxy) is 2. The van der Waals surface area contributed by atoms with Crippen molar-refractivity contribution in [3.8, 4) is 5.75 Å². The average Bonchev–Trinajstić information content (AvgIpc) is 2.87. The first-order chi connectivity index (χ1) is 12.2. The van der Waals surface area contributed by atoms with E-state index in [0.717, 1.165) is 18.4 Å². The second-order valence-electron chi connectivity index (χ2n) is 8.17. The zero-order valence-corrected chi connectivity index (χ0v) is 15.8. The monoisotopic (exact) mass is 361 g/mol. The summed E-state index contributed by atoms with van der Waals surface area (Å²) in [6, 6.07) is 6.78. The van der Waals surface area contributed by atoms with Gasteiger partial charge in [0.2, 0.25) is 0 Å². The van der Waals surface area contributed by atoms with Crippen molar-refractivity contribution in [2.24, 2.45) is 5.92 Å². The minimum Gasteiger partial charge on any atom is -0.508 e. The molecule has 2 bridgehead atoms. The molecule has 1 aromatic rings. The van der Waals surface area contributed by atoms with E-state index >= 15 is 0 Å². The van der Waals surface area contributed by atoms with Gasteiger partial charge in [0.15, 0.2) is 0 Å². The van der Waals surface area contributed by atoms with Gasteiger partial charge in [0.25, 0.3) is 0 Å². The third-order valence-electron chi connectivity index (χ3n) is 5.32. The SMILES string of the molecule is COC(=O)[C@@H]1[C@@H](c2ccc(O)cc2)C[C@@H]2CC[C@H]1N2C(=O)OC(C)(C)C. The van der Waals surface area contributed by atoms with E-state index in [1.165, 1.54) is 7.11 Å². The Morgan fingerprint density at radius 2 is 1.81 bits per heavy atom. The molecule has 6 heteroatoms. The number of amides is 1. The summed E-state index contributed by atoms with van der Waals surface area (Å²) >= 11 is 0. The first kappa shape index (κ1) is 18.5. The van der Waals surface area contributed by atoms with Gasteiger partial charge in [0, 0.05) is 18.0 Å². The minimum absolute atomic E-state index is 0.0424. The van der Waals surface area contributed by atoms with Crippen molar-refractivity contribution in [1.82, 2.24) is 4.90 Å². The molecule has 0 saturated carbocycles. The molecular formula is C20H27NO5. The Bertz CT molecular complexity index is 678. The van der Waals surface area contributed by atoms with Crippen LogP contribution in [-0.2, 0) is 14.3 Å². The summed E-state index contributed by atoms with van der Waals surface area (Å²) in [6.45, 7) is 5.52. The Morgan fingerprint density at radius 3 is 2.38 bits per heavy atom. The third kappa shape index (κ3) is 3.50. The van der Waals surface area contributed by atoms with Crippen molar-refractivity contribution in [2.75, 3.05) is 7.11 Å². The molecule has 1 amide bonds. The lowest BCUT2D eigenvalue weighted by molar-refractivity contribution is -0.150. The zero-order valence-electron chi connectivity index (χ0n) is 15.8. The molecule has 1 aromatic carbocycles. The maximum Gasteiger partial charge on any atom is 0.410 e. The van der Waals surface area contributed by atoms with Gasteiger partial charge < -0.3 is 19.5 Å². The first-order valence-electron chi connectivity index (χ1n) is 9.09. The standard InChI is InChI=1S/C20H27NO5/c1-20(2,3)26-19(24)21-13-7-10-16(21)17(18(23)25-4)15(11-13)12-5-8-14(22)9-6-12/h5-6,8-9,13,15-17,22H,7,10-11H2,1-4H3/t13-,15+,16+,17+/m0/s1. The molecule has 142 valence electrons. The third-order valence-corrected chi connectivity index (χ3v) is 5.32. The van der Waals surface area contributed by atoms with Gasteiger partial charge in [0.05, 0.1) is 13.0 Å². The number of fused-ring (bicyclic) bond motifs is 2. The van der Waals surface area contributed by atoms with Crippen LogP contribution in [0.25, 0.3) is 0 Å². The predicted octanol–water partition coefficient (Wildman–Crippen LogP) is 3.44. The van der Waals surface area contributed by atoms with Gasteiger partial charge >= 0.3 is 12.1 Å². The maximum atomic E-state index is 12.7. The number of benzene rings is 1. The van der Waals surface area contributed by atoms with Crippen LogP contribution in [0.15, 0.2) is 24.3 Å². The molecule has 0 radical (unpaired) electrons. The lowest BCUT2D eigenvalue weighted by atomic mass is 9.76. The molecule has 6 nitrogen and oxygen atoms in total. The van der Waals surface area contributed by atoms with Crippen molar-refractivity contribution >= 4 is 12.1 Å². The molecule has 2 saturated heterocycles. The molecule has 2 fully saturated rings. The number of piperidine rings is 1.